The molecule has 0 aliphatic heterocycles. The number of hydrogen-bond acceptors (Lipinski definition) is 5. The van der Waals surface area contributed by atoms with Gasteiger partial charge in [0.05, 0.1) is 18.2 Å². The maximum absolute atomic E-state index is 13.0. The number of carbonyl (C=O) groups is 1. The molecule has 1 aromatic heterocycles. The van der Waals surface area contributed by atoms with Crippen LogP contribution in [0, 0.1) is 17.1 Å². The number of halogens is 1. The molecule has 0 saturated heterocycles. The van der Waals surface area contributed by atoms with Crippen LogP contribution in [0.15, 0.2) is 47.9 Å². The van der Waals surface area contributed by atoms with Gasteiger partial charge in [0.1, 0.15) is 5.82 Å². The molecule has 112 valence electrons. The van der Waals surface area contributed by atoms with Crippen LogP contribution < -0.4 is 4.90 Å². The molecule has 7 heteroatoms. The van der Waals surface area contributed by atoms with Gasteiger partial charge in [-0.15, -0.1) is 0 Å². The van der Waals surface area contributed by atoms with Crippen molar-refractivity contribution < 1.29 is 9.18 Å². The largest absolute Gasteiger partial charge is 0.311 e. The number of nitriles is 1. The van der Waals surface area contributed by atoms with Crippen molar-refractivity contribution in [1.29, 1.82) is 5.26 Å². The lowest BCUT2D eigenvalue weighted by atomic mass is 10.2. The molecule has 0 aliphatic carbocycles. The van der Waals surface area contributed by atoms with Crippen molar-refractivity contribution in [2.24, 2.45) is 0 Å². The van der Waals surface area contributed by atoms with Crippen LogP contribution in [0.4, 0.5) is 10.1 Å². The highest BCUT2D eigenvalue weighted by Gasteiger charge is 2.16. The molecule has 0 radical (unpaired) electrons. The van der Waals surface area contributed by atoms with E-state index < -0.39 is 0 Å². The molecule has 2 aromatic rings. The summed E-state index contributed by atoms with van der Waals surface area (Å²) in [5.41, 5.74) is 0.566. The third-order valence-corrected chi connectivity index (χ3v) is 3.61. The first-order valence-electron chi connectivity index (χ1n) is 6.53. The average Bonchev–Trinajstić information content (AvgIpc) is 2.56. The predicted molar refractivity (Wildman–Crippen MR) is 81.7 cm³/mol. The Morgan fingerprint density at radius 2 is 1.95 bits per heavy atom. The zero-order valence-electron chi connectivity index (χ0n) is 11.6. The van der Waals surface area contributed by atoms with Crippen LogP contribution in [0.2, 0.25) is 0 Å². The Hall–Kier alpha value is -2.46. The number of aromatic nitrogens is 2. The van der Waals surface area contributed by atoms with E-state index in [1.165, 1.54) is 40.9 Å². The summed E-state index contributed by atoms with van der Waals surface area (Å²) in [6.07, 6.45) is 3.41. The molecule has 5 nitrogen and oxygen atoms in total. The van der Waals surface area contributed by atoms with Crippen LogP contribution in [0.5, 0.6) is 0 Å². The van der Waals surface area contributed by atoms with Crippen molar-refractivity contribution in [3.63, 3.8) is 0 Å². The summed E-state index contributed by atoms with van der Waals surface area (Å²) in [4.78, 5) is 21.9. The first-order chi connectivity index (χ1) is 10.7. The van der Waals surface area contributed by atoms with Crippen LogP contribution in [-0.4, -0.2) is 28.2 Å². The van der Waals surface area contributed by atoms with Crippen LogP contribution >= 0.6 is 11.8 Å². The maximum Gasteiger partial charge on any atom is 0.237 e. The minimum Gasteiger partial charge on any atom is -0.311 e. The summed E-state index contributed by atoms with van der Waals surface area (Å²) in [6.45, 7) is 0.261. The molecule has 2 rings (SSSR count). The van der Waals surface area contributed by atoms with Crippen molar-refractivity contribution in [2.75, 3.05) is 17.2 Å². The van der Waals surface area contributed by atoms with Crippen molar-refractivity contribution in [2.45, 2.75) is 11.6 Å². The minimum absolute atomic E-state index is 0.146. The Balaban J connectivity index is 2.06. The highest BCUT2D eigenvalue weighted by molar-refractivity contribution is 7.99. The lowest BCUT2D eigenvalue weighted by Gasteiger charge is -2.21. The Labute approximate surface area is 131 Å². The van der Waals surface area contributed by atoms with Gasteiger partial charge in [0.2, 0.25) is 5.91 Å². The number of carbonyl (C=O) groups excluding carboxylic acids is 1. The second-order valence-corrected chi connectivity index (χ2v) is 5.19. The van der Waals surface area contributed by atoms with E-state index in [2.05, 4.69) is 9.97 Å². The molecule has 0 unspecified atom stereocenters. The van der Waals surface area contributed by atoms with Gasteiger partial charge in [0.15, 0.2) is 5.16 Å². The second-order valence-electron chi connectivity index (χ2n) is 4.25. The fourth-order valence-electron chi connectivity index (χ4n) is 1.74. The number of rotatable bonds is 6. The van der Waals surface area contributed by atoms with Gasteiger partial charge in [0, 0.05) is 24.6 Å². The lowest BCUT2D eigenvalue weighted by molar-refractivity contribution is -0.116. The lowest BCUT2D eigenvalue weighted by Crippen LogP contribution is -2.33. The van der Waals surface area contributed by atoms with E-state index in [9.17, 15) is 9.18 Å². The molecule has 1 aromatic carbocycles. The molecule has 0 spiro atoms. The Morgan fingerprint density at radius 3 is 2.59 bits per heavy atom. The SMILES string of the molecule is N#CCCN(C(=O)CSc1ncccn1)c1ccc(F)cc1. The summed E-state index contributed by atoms with van der Waals surface area (Å²) in [5, 5.41) is 9.23. The van der Waals surface area contributed by atoms with Gasteiger partial charge in [0.25, 0.3) is 0 Å². The highest BCUT2D eigenvalue weighted by Crippen LogP contribution is 2.18. The molecule has 0 aliphatic rings. The molecule has 1 amide bonds. The first-order valence-corrected chi connectivity index (χ1v) is 7.52. The summed E-state index contributed by atoms with van der Waals surface area (Å²) in [7, 11) is 0. The molecule has 0 fully saturated rings. The van der Waals surface area contributed by atoms with E-state index in [0.717, 1.165) is 0 Å². The van der Waals surface area contributed by atoms with Crippen LogP contribution in [0.1, 0.15) is 6.42 Å². The number of hydrogen-bond donors (Lipinski definition) is 0. The first kappa shape index (κ1) is 15.9. The van der Waals surface area contributed by atoms with Gasteiger partial charge in [-0.3, -0.25) is 4.79 Å². The third-order valence-electron chi connectivity index (χ3n) is 2.75. The van der Waals surface area contributed by atoms with E-state index in [-0.39, 0.29) is 30.4 Å². The second kappa shape index (κ2) is 8.10. The Morgan fingerprint density at radius 1 is 1.27 bits per heavy atom. The Bertz CT molecular complexity index is 657. The van der Waals surface area contributed by atoms with E-state index >= 15 is 0 Å². The van der Waals surface area contributed by atoms with Gasteiger partial charge >= 0.3 is 0 Å². The van der Waals surface area contributed by atoms with Crippen LogP contribution in [-0.2, 0) is 4.79 Å². The van der Waals surface area contributed by atoms with Gasteiger partial charge in [-0.2, -0.15) is 5.26 Å². The topological polar surface area (TPSA) is 69.9 Å². The smallest absolute Gasteiger partial charge is 0.237 e. The molecular formula is C15H13FN4OS. The standard InChI is InChI=1S/C15H13FN4OS/c16-12-3-5-13(6-4-12)20(10-1-7-17)14(21)11-22-15-18-8-2-9-19-15/h2-6,8-9H,1,10-11H2. The van der Waals surface area contributed by atoms with Crippen molar-refractivity contribution in [1.82, 2.24) is 9.97 Å². The third kappa shape index (κ3) is 4.53. The molecule has 22 heavy (non-hydrogen) atoms. The van der Waals surface area contributed by atoms with E-state index in [1.807, 2.05) is 6.07 Å². The zero-order valence-corrected chi connectivity index (χ0v) is 12.5. The number of thioether (sulfide) groups is 1. The zero-order chi connectivity index (χ0) is 15.8. The maximum atomic E-state index is 13.0. The number of nitrogens with zero attached hydrogens (tertiary/aromatic N) is 4. The molecule has 1 heterocycles. The molecular weight excluding hydrogens is 303 g/mol. The molecule has 0 bridgehead atoms. The van der Waals surface area contributed by atoms with Crippen LogP contribution in [0.3, 0.4) is 0 Å². The molecule has 0 atom stereocenters. The van der Waals surface area contributed by atoms with E-state index in [4.69, 9.17) is 5.26 Å². The fourth-order valence-corrected chi connectivity index (χ4v) is 2.42. The minimum atomic E-state index is -0.372. The predicted octanol–water partition coefficient (Wildman–Crippen LogP) is 2.65. The summed E-state index contributed by atoms with van der Waals surface area (Å²) in [6, 6.07) is 9.33. The van der Waals surface area contributed by atoms with E-state index in [0.29, 0.717) is 10.8 Å². The van der Waals surface area contributed by atoms with Gasteiger partial charge in [-0.1, -0.05) is 11.8 Å². The summed E-state index contributed by atoms with van der Waals surface area (Å²) < 4.78 is 13.0. The van der Waals surface area contributed by atoms with Gasteiger partial charge < -0.3 is 4.90 Å². The average molecular weight is 316 g/mol. The quantitative estimate of drug-likeness (QED) is 0.605. The van der Waals surface area contributed by atoms with Crippen molar-refractivity contribution in [3.05, 3.63) is 48.5 Å². The number of benzene rings is 1. The fraction of sp³-hybridized carbons (Fsp3) is 0.200. The van der Waals surface area contributed by atoms with Crippen LogP contribution in [0.25, 0.3) is 0 Å². The van der Waals surface area contributed by atoms with Crippen molar-refractivity contribution in [3.8, 4) is 6.07 Å². The number of amides is 1. The monoisotopic (exact) mass is 316 g/mol. The molecule has 0 N–H and O–H groups in total. The van der Waals surface area contributed by atoms with E-state index in [1.54, 1.807) is 18.5 Å². The molecule has 0 saturated carbocycles. The summed E-state index contributed by atoms with van der Waals surface area (Å²) >= 11 is 1.22. The number of anilines is 1. The highest BCUT2D eigenvalue weighted by atomic mass is 32.2. The normalized spacial score (nSPS) is 10.0. The van der Waals surface area contributed by atoms with Gasteiger partial charge in [-0.25, -0.2) is 14.4 Å². The summed E-state index contributed by atoms with van der Waals surface area (Å²) in [5.74, 6) is -0.407. The van der Waals surface area contributed by atoms with Gasteiger partial charge in [-0.05, 0) is 30.3 Å². The van der Waals surface area contributed by atoms with Crippen molar-refractivity contribution >= 4 is 23.4 Å². The Kier molecular flexibility index (Phi) is 5.86.